The van der Waals surface area contributed by atoms with Gasteiger partial charge in [-0.1, -0.05) is 60.7 Å². The molecule has 0 radical (unpaired) electrons. The minimum atomic E-state index is -0.963. The number of carbonyl (C=O) groups excluding carboxylic acids is 1. The van der Waals surface area contributed by atoms with Gasteiger partial charge in [0, 0.05) is 13.1 Å². The molecule has 170 valence electrons. The Morgan fingerprint density at radius 3 is 2.47 bits per heavy atom. The van der Waals surface area contributed by atoms with Crippen molar-refractivity contribution in [1.29, 1.82) is 0 Å². The third-order valence-electron chi connectivity index (χ3n) is 6.52. The van der Waals surface area contributed by atoms with Gasteiger partial charge in [0.2, 0.25) is 0 Å². The van der Waals surface area contributed by atoms with Crippen LogP contribution < -0.4 is 10.2 Å². The zero-order valence-electron chi connectivity index (χ0n) is 19.0. The lowest BCUT2D eigenvalue weighted by atomic mass is 10.0. The van der Waals surface area contributed by atoms with Crippen LogP contribution in [0.25, 0.3) is 10.8 Å². The number of fused-ring (bicyclic) bond motifs is 2. The smallest absolute Gasteiger partial charge is 0.335 e. The van der Waals surface area contributed by atoms with Crippen molar-refractivity contribution in [3.63, 3.8) is 0 Å². The lowest BCUT2D eigenvalue weighted by Gasteiger charge is -2.23. The van der Waals surface area contributed by atoms with E-state index >= 15 is 0 Å². The van der Waals surface area contributed by atoms with E-state index in [9.17, 15) is 9.59 Å². The summed E-state index contributed by atoms with van der Waals surface area (Å²) < 4.78 is 0. The largest absolute Gasteiger partial charge is 0.478 e. The summed E-state index contributed by atoms with van der Waals surface area (Å²) in [6.07, 6.45) is 0.913. The Balaban J connectivity index is 1.37. The molecule has 0 spiro atoms. The van der Waals surface area contributed by atoms with E-state index in [4.69, 9.17) is 5.11 Å². The lowest BCUT2D eigenvalue weighted by molar-refractivity contribution is 0.0696. The number of aromatic carboxylic acids is 1. The highest BCUT2D eigenvalue weighted by atomic mass is 16.4. The van der Waals surface area contributed by atoms with Gasteiger partial charge < -0.3 is 15.3 Å². The number of hydrogen-bond donors (Lipinski definition) is 2. The summed E-state index contributed by atoms with van der Waals surface area (Å²) >= 11 is 0. The number of anilines is 1. The first kappa shape index (κ1) is 21.7. The molecule has 0 bridgehead atoms. The molecule has 1 unspecified atom stereocenters. The van der Waals surface area contributed by atoms with Gasteiger partial charge in [0.1, 0.15) is 0 Å². The average Bonchev–Trinajstić information content (AvgIpc) is 3.26. The molecule has 1 heterocycles. The SMILES string of the molecule is CC(NC(=O)c1cccc2c1N(Cc1ccc3ccccc3c1)CC2)c1ccc(C(=O)O)cc1. The quantitative estimate of drug-likeness (QED) is 0.402. The predicted molar refractivity (Wildman–Crippen MR) is 134 cm³/mol. The third-order valence-corrected chi connectivity index (χ3v) is 6.52. The fraction of sp³-hybridized carbons (Fsp3) is 0.172. The number of para-hydroxylation sites is 1. The van der Waals surface area contributed by atoms with Gasteiger partial charge in [-0.15, -0.1) is 0 Å². The van der Waals surface area contributed by atoms with Crippen LogP contribution in [-0.2, 0) is 13.0 Å². The number of benzene rings is 4. The van der Waals surface area contributed by atoms with Crippen LogP contribution in [0.5, 0.6) is 0 Å². The molecule has 0 saturated carbocycles. The fourth-order valence-electron chi connectivity index (χ4n) is 4.70. The fourth-order valence-corrected chi connectivity index (χ4v) is 4.70. The van der Waals surface area contributed by atoms with Crippen molar-refractivity contribution < 1.29 is 14.7 Å². The number of carboxylic acids is 1. The van der Waals surface area contributed by atoms with E-state index in [-0.39, 0.29) is 17.5 Å². The molecule has 1 amide bonds. The Morgan fingerprint density at radius 2 is 1.71 bits per heavy atom. The summed E-state index contributed by atoms with van der Waals surface area (Å²) in [7, 11) is 0. The van der Waals surface area contributed by atoms with E-state index in [0.29, 0.717) is 5.56 Å². The van der Waals surface area contributed by atoms with Crippen molar-refractivity contribution in [3.05, 3.63) is 113 Å². The minimum absolute atomic E-state index is 0.128. The Labute approximate surface area is 198 Å². The molecule has 1 atom stereocenters. The predicted octanol–water partition coefficient (Wildman–Crippen LogP) is 5.59. The van der Waals surface area contributed by atoms with Crippen molar-refractivity contribution in [2.75, 3.05) is 11.4 Å². The van der Waals surface area contributed by atoms with E-state index in [0.717, 1.165) is 30.8 Å². The molecule has 0 saturated heterocycles. The van der Waals surface area contributed by atoms with Crippen LogP contribution in [0.2, 0.25) is 0 Å². The summed E-state index contributed by atoms with van der Waals surface area (Å²) in [5.41, 5.74) is 5.17. The van der Waals surface area contributed by atoms with Gasteiger partial charge in [0.05, 0.1) is 22.9 Å². The van der Waals surface area contributed by atoms with Gasteiger partial charge in [0.15, 0.2) is 0 Å². The van der Waals surface area contributed by atoms with Gasteiger partial charge in [0.25, 0.3) is 5.91 Å². The number of hydrogen-bond acceptors (Lipinski definition) is 3. The summed E-state index contributed by atoms with van der Waals surface area (Å²) in [5, 5.41) is 14.6. The van der Waals surface area contributed by atoms with Gasteiger partial charge in [-0.05, 0) is 65.1 Å². The standard InChI is InChI=1S/C29H26N2O3/c1-19(21-11-13-24(14-12-21)29(33)34)30-28(32)26-8-4-7-23-15-16-31(27(23)26)18-20-9-10-22-5-2-3-6-25(22)17-20/h2-14,17,19H,15-16,18H2,1H3,(H,30,32)(H,33,34). The highest BCUT2D eigenvalue weighted by molar-refractivity contribution is 6.01. The van der Waals surface area contributed by atoms with Crippen molar-refractivity contribution in [2.24, 2.45) is 0 Å². The van der Waals surface area contributed by atoms with E-state index in [1.807, 2.05) is 25.1 Å². The van der Waals surface area contributed by atoms with Crippen molar-refractivity contribution in [3.8, 4) is 0 Å². The van der Waals surface area contributed by atoms with Gasteiger partial charge in [-0.2, -0.15) is 0 Å². The number of nitrogens with zero attached hydrogens (tertiary/aromatic N) is 1. The van der Waals surface area contributed by atoms with E-state index in [2.05, 4.69) is 52.7 Å². The molecule has 4 aromatic rings. The molecule has 0 fully saturated rings. The van der Waals surface area contributed by atoms with Crippen molar-refractivity contribution >= 4 is 28.3 Å². The molecular formula is C29H26N2O3. The number of amides is 1. The Hall–Kier alpha value is -4.12. The maximum Gasteiger partial charge on any atom is 0.335 e. The number of carbonyl (C=O) groups is 2. The monoisotopic (exact) mass is 450 g/mol. The molecule has 4 aromatic carbocycles. The Bertz CT molecular complexity index is 1380. The zero-order valence-corrected chi connectivity index (χ0v) is 19.0. The summed E-state index contributed by atoms with van der Waals surface area (Å²) in [4.78, 5) is 26.7. The average molecular weight is 451 g/mol. The van der Waals surface area contributed by atoms with E-state index < -0.39 is 5.97 Å². The van der Waals surface area contributed by atoms with Crippen LogP contribution in [0.15, 0.2) is 84.9 Å². The second kappa shape index (κ2) is 9.02. The van der Waals surface area contributed by atoms with Crippen LogP contribution in [0, 0.1) is 0 Å². The van der Waals surface area contributed by atoms with Crippen LogP contribution in [0.3, 0.4) is 0 Å². The molecular weight excluding hydrogens is 424 g/mol. The van der Waals surface area contributed by atoms with E-state index in [1.54, 1.807) is 24.3 Å². The van der Waals surface area contributed by atoms with Crippen LogP contribution >= 0.6 is 0 Å². The Morgan fingerprint density at radius 1 is 0.941 bits per heavy atom. The normalized spacial score (nSPS) is 13.5. The number of nitrogens with one attached hydrogen (secondary N) is 1. The molecule has 1 aliphatic rings. The topological polar surface area (TPSA) is 69.6 Å². The van der Waals surface area contributed by atoms with Gasteiger partial charge in [-0.3, -0.25) is 4.79 Å². The maximum absolute atomic E-state index is 13.3. The van der Waals surface area contributed by atoms with E-state index in [1.165, 1.54) is 21.9 Å². The maximum atomic E-state index is 13.3. The highest BCUT2D eigenvalue weighted by Gasteiger charge is 2.26. The summed E-state index contributed by atoms with van der Waals surface area (Å²) in [6.45, 7) is 3.52. The molecule has 5 nitrogen and oxygen atoms in total. The van der Waals surface area contributed by atoms with Crippen LogP contribution in [-0.4, -0.2) is 23.5 Å². The number of rotatable bonds is 6. The minimum Gasteiger partial charge on any atom is -0.478 e. The molecule has 0 aromatic heterocycles. The first-order chi connectivity index (χ1) is 16.5. The van der Waals surface area contributed by atoms with Crippen LogP contribution in [0.1, 0.15) is 50.4 Å². The second-order valence-electron chi connectivity index (χ2n) is 8.79. The Kier molecular flexibility index (Phi) is 5.76. The number of carboxylic acid groups (broad SMARTS) is 1. The second-order valence-corrected chi connectivity index (χ2v) is 8.79. The van der Waals surface area contributed by atoms with Crippen molar-refractivity contribution in [1.82, 2.24) is 5.32 Å². The summed E-state index contributed by atoms with van der Waals surface area (Å²) in [6, 6.07) is 27.2. The first-order valence-corrected chi connectivity index (χ1v) is 11.5. The van der Waals surface area contributed by atoms with Crippen LogP contribution in [0.4, 0.5) is 5.69 Å². The third kappa shape index (κ3) is 4.25. The van der Waals surface area contributed by atoms with Gasteiger partial charge >= 0.3 is 5.97 Å². The molecule has 5 rings (SSSR count). The molecule has 34 heavy (non-hydrogen) atoms. The lowest BCUT2D eigenvalue weighted by Crippen LogP contribution is -2.29. The van der Waals surface area contributed by atoms with Crippen molar-refractivity contribution in [2.45, 2.75) is 25.9 Å². The molecule has 2 N–H and O–H groups in total. The zero-order chi connectivity index (χ0) is 23.7. The summed E-state index contributed by atoms with van der Waals surface area (Å²) in [5.74, 6) is -1.09. The first-order valence-electron chi connectivity index (χ1n) is 11.5. The molecule has 5 heteroatoms. The molecule has 0 aliphatic carbocycles. The highest BCUT2D eigenvalue weighted by Crippen LogP contribution is 2.34. The molecule has 1 aliphatic heterocycles. The van der Waals surface area contributed by atoms with Gasteiger partial charge in [-0.25, -0.2) is 4.79 Å².